The number of ether oxygens (including phenoxy) is 1. The molecule has 0 unspecified atom stereocenters. The van der Waals surface area contributed by atoms with Crippen molar-refractivity contribution in [2.45, 2.75) is 13.5 Å². The second-order valence-electron chi connectivity index (χ2n) is 8.15. The molecule has 12 nitrogen and oxygen atoms in total. The highest BCUT2D eigenvalue weighted by molar-refractivity contribution is 5.90. The smallest absolute Gasteiger partial charge is 0.244 e. The molecule has 2 aliphatic heterocycles. The Morgan fingerprint density at radius 2 is 1.94 bits per heavy atom. The average Bonchev–Trinajstić information content (AvgIpc) is 3.25. The zero-order chi connectivity index (χ0) is 23.4. The summed E-state index contributed by atoms with van der Waals surface area (Å²) in [6.07, 6.45) is 3.29. The molecule has 2 fully saturated rings. The number of piperazine rings is 1. The maximum absolute atomic E-state index is 12.9. The van der Waals surface area contributed by atoms with Gasteiger partial charge in [0, 0.05) is 45.5 Å². The molecule has 12 heteroatoms. The molecule has 33 heavy (non-hydrogen) atoms. The van der Waals surface area contributed by atoms with Crippen LogP contribution < -0.4 is 10.6 Å². The van der Waals surface area contributed by atoms with Crippen LogP contribution in [0.3, 0.4) is 0 Å². The maximum Gasteiger partial charge on any atom is 0.244 e. The number of hydrogen-bond acceptors (Lipinski definition) is 8. The highest BCUT2D eigenvalue weighted by Gasteiger charge is 2.23. The van der Waals surface area contributed by atoms with E-state index in [1.54, 1.807) is 17.1 Å². The van der Waals surface area contributed by atoms with Crippen LogP contribution >= 0.6 is 0 Å². The van der Waals surface area contributed by atoms with Crippen LogP contribution in [0.2, 0.25) is 0 Å². The fourth-order valence-electron chi connectivity index (χ4n) is 3.81. The van der Waals surface area contributed by atoms with Gasteiger partial charge < -0.3 is 25.2 Å². The summed E-state index contributed by atoms with van der Waals surface area (Å²) in [5, 5.41) is 5.23. The molecule has 0 saturated carbocycles. The molecule has 2 aromatic heterocycles. The number of guanidine groups is 1. The van der Waals surface area contributed by atoms with Crippen molar-refractivity contribution in [1.82, 2.24) is 29.5 Å². The van der Waals surface area contributed by atoms with Gasteiger partial charge in [0.25, 0.3) is 0 Å². The summed E-state index contributed by atoms with van der Waals surface area (Å²) in [5.41, 5.74) is 7.72. The van der Waals surface area contributed by atoms with E-state index in [1.807, 2.05) is 11.8 Å². The highest BCUT2D eigenvalue weighted by Crippen LogP contribution is 2.26. The number of amides is 1. The summed E-state index contributed by atoms with van der Waals surface area (Å²) in [5.74, 6) is 0.672. The van der Waals surface area contributed by atoms with E-state index in [4.69, 9.17) is 20.4 Å². The van der Waals surface area contributed by atoms with Crippen LogP contribution in [0.4, 0.5) is 5.95 Å². The lowest BCUT2D eigenvalue weighted by Crippen LogP contribution is -2.48. The molecular weight excluding hydrogens is 424 g/mol. The molecule has 0 aromatic carbocycles. The van der Waals surface area contributed by atoms with Crippen molar-refractivity contribution < 1.29 is 9.53 Å². The van der Waals surface area contributed by atoms with Crippen LogP contribution in [-0.4, -0.2) is 108 Å². The van der Waals surface area contributed by atoms with Crippen LogP contribution in [0.25, 0.3) is 16.6 Å². The lowest BCUT2D eigenvalue weighted by atomic mass is 10.1. The Hall–Kier alpha value is -3.38. The van der Waals surface area contributed by atoms with E-state index in [-0.39, 0.29) is 18.4 Å². The van der Waals surface area contributed by atoms with Gasteiger partial charge in [-0.15, -0.1) is 0 Å². The minimum atomic E-state index is 0.0304. The number of morpholine rings is 1. The average molecular weight is 455 g/mol. The van der Waals surface area contributed by atoms with Crippen LogP contribution in [0.15, 0.2) is 22.4 Å². The van der Waals surface area contributed by atoms with E-state index in [9.17, 15) is 4.79 Å². The molecule has 2 saturated heterocycles. The fraction of sp³-hybridized carbons (Fsp3) is 0.524. The van der Waals surface area contributed by atoms with Crippen molar-refractivity contribution in [3.8, 4) is 0 Å². The number of aliphatic imine (C=N–C) groups is 2. The normalized spacial score (nSPS) is 18.7. The number of carbonyl (C=O) groups is 1. The van der Waals surface area contributed by atoms with Gasteiger partial charge >= 0.3 is 0 Å². The van der Waals surface area contributed by atoms with Gasteiger partial charge in [-0.25, -0.2) is 19.7 Å². The van der Waals surface area contributed by atoms with Gasteiger partial charge in [-0.2, -0.15) is 10.1 Å². The predicted octanol–water partition coefficient (Wildman–Crippen LogP) is -0.187. The van der Waals surface area contributed by atoms with Gasteiger partial charge in [0.05, 0.1) is 30.5 Å². The number of nitrogens with zero attached hydrogens (tertiary/aromatic N) is 9. The molecule has 0 radical (unpaired) electrons. The Morgan fingerprint density at radius 1 is 1.21 bits per heavy atom. The molecule has 4 rings (SSSR count). The maximum atomic E-state index is 12.9. The van der Waals surface area contributed by atoms with Crippen molar-refractivity contribution in [3.05, 3.63) is 18.1 Å². The van der Waals surface area contributed by atoms with E-state index >= 15 is 0 Å². The summed E-state index contributed by atoms with van der Waals surface area (Å²) in [7, 11) is 2.06. The molecule has 2 aromatic rings. The zero-order valence-corrected chi connectivity index (χ0v) is 19.1. The summed E-state index contributed by atoms with van der Waals surface area (Å²) >= 11 is 0. The number of fused-ring (bicyclic) bond motifs is 1. The number of carbonyl (C=O) groups excluding carboxylic acids is 1. The van der Waals surface area contributed by atoms with Gasteiger partial charge in [0.2, 0.25) is 17.8 Å². The molecule has 2 aliphatic rings. The Bertz CT molecular complexity index is 1080. The van der Waals surface area contributed by atoms with Gasteiger partial charge in [0.15, 0.2) is 5.65 Å². The molecule has 2 N–H and O–H groups in total. The largest absolute Gasteiger partial charge is 0.378 e. The van der Waals surface area contributed by atoms with E-state index in [2.05, 4.69) is 38.6 Å². The Labute approximate surface area is 192 Å². The third-order valence-corrected chi connectivity index (χ3v) is 5.85. The summed E-state index contributed by atoms with van der Waals surface area (Å²) in [4.78, 5) is 36.4. The van der Waals surface area contributed by atoms with Crippen LogP contribution in [0, 0.1) is 0 Å². The van der Waals surface area contributed by atoms with Crippen LogP contribution in [0.5, 0.6) is 0 Å². The number of likely N-dealkylation sites (N-methyl/N-ethyl adjacent to an activating group) is 1. The SMILES string of the molecule is C=N/C(N)=N\C=C(/C)c1nc(N2CCOCC2)nc2c1cnn2CC(=O)N1CCN(C)CC1. The summed E-state index contributed by atoms with van der Waals surface area (Å²) in [6.45, 7) is 11.2. The number of allylic oxidation sites excluding steroid dienone is 1. The van der Waals surface area contributed by atoms with Crippen LogP contribution in [-0.2, 0) is 16.1 Å². The van der Waals surface area contributed by atoms with Crippen molar-refractivity contribution in [1.29, 1.82) is 0 Å². The van der Waals surface area contributed by atoms with E-state index in [0.29, 0.717) is 56.7 Å². The Balaban J connectivity index is 1.70. The fourth-order valence-corrected chi connectivity index (χ4v) is 3.81. The van der Waals surface area contributed by atoms with Gasteiger partial charge in [-0.1, -0.05) is 0 Å². The highest BCUT2D eigenvalue weighted by atomic mass is 16.5. The Morgan fingerprint density at radius 3 is 2.64 bits per heavy atom. The first-order valence-corrected chi connectivity index (χ1v) is 11.0. The number of nitrogens with two attached hydrogens (primary N) is 1. The molecule has 1 amide bonds. The molecular formula is C21H30N10O2. The Kier molecular flexibility index (Phi) is 6.94. The number of hydrogen-bond donors (Lipinski definition) is 1. The monoisotopic (exact) mass is 454 g/mol. The van der Waals surface area contributed by atoms with Gasteiger partial charge in [-0.3, -0.25) is 4.79 Å². The summed E-state index contributed by atoms with van der Waals surface area (Å²) in [6, 6.07) is 0. The van der Waals surface area contributed by atoms with Gasteiger partial charge in [-0.05, 0) is 26.3 Å². The van der Waals surface area contributed by atoms with E-state index in [1.165, 1.54) is 0 Å². The first-order chi connectivity index (χ1) is 16.0. The van der Waals surface area contributed by atoms with Crippen molar-refractivity contribution >= 4 is 41.1 Å². The minimum Gasteiger partial charge on any atom is -0.378 e. The molecule has 176 valence electrons. The standard InChI is InChI=1S/C21H30N10O2/c1-15(12-24-20(22)23-2)18-16-13-25-31(14-17(32)29-6-4-28(3)5-7-29)19(16)27-21(26-18)30-8-10-33-11-9-30/h12-13H,2,4-11,14H2,1,3H3,(H2,22,24)/b15-12+. The number of rotatable bonds is 5. The summed E-state index contributed by atoms with van der Waals surface area (Å²) < 4.78 is 7.13. The molecule has 4 heterocycles. The third-order valence-electron chi connectivity index (χ3n) is 5.85. The van der Waals surface area contributed by atoms with E-state index < -0.39 is 0 Å². The van der Waals surface area contributed by atoms with Crippen molar-refractivity contribution in [2.75, 3.05) is 64.4 Å². The van der Waals surface area contributed by atoms with Crippen molar-refractivity contribution in [3.63, 3.8) is 0 Å². The molecule has 0 aliphatic carbocycles. The van der Waals surface area contributed by atoms with Gasteiger partial charge in [0.1, 0.15) is 6.54 Å². The lowest BCUT2D eigenvalue weighted by Gasteiger charge is -2.32. The molecule has 0 spiro atoms. The van der Waals surface area contributed by atoms with E-state index in [0.717, 1.165) is 24.0 Å². The first kappa shape index (κ1) is 22.8. The second kappa shape index (κ2) is 10.0. The molecule has 0 atom stereocenters. The lowest BCUT2D eigenvalue weighted by molar-refractivity contribution is -0.133. The number of aromatic nitrogens is 4. The zero-order valence-electron chi connectivity index (χ0n) is 19.1. The minimum absolute atomic E-state index is 0.0304. The van der Waals surface area contributed by atoms with Crippen molar-refractivity contribution in [2.24, 2.45) is 15.7 Å². The topological polar surface area (TPSA) is 130 Å². The van der Waals surface area contributed by atoms with Crippen LogP contribution in [0.1, 0.15) is 12.6 Å². The quantitative estimate of drug-likeness (QED) is 0.486. The predicted molar refractivity (Wildman–Crippen MR) is 127 cm³/mol. The number of anilines is 1. The first-order valence-electron chi connectivity index (χ1n) is 11.0. The third kappa shape index (κ3) is 5.17. The molecule has 0 bridgehead atoms. The second-order valence-corrected chi connectivity index (χ2v) is 8.15.